The number of hydrogen-bond acceptors (Lipinski definition) is 6. The lowest BCUT2D eigenvalue weighted by Gasteiger charge is -2.13. The molecular formula is C20H22N6OS. The van der Waals surface area contributed by atoms with Crippen LogP contribution in [0.3, 0.4) is 0 Å². The number of carbonyl (C=O) groups excluding carboxylic acids is 1. The van der Waals surface area contributed by atoms with Crippen molar-refractivity contribution in [3.05, 3.63) is 61.3 Å². The van der Waals surface area contributed by atoms with Crippen LogP contribution in [-0.4, -0.2) is 45.5 Å². The van der Waals surface area contributed by atoms with Crippen molar-refractivity contribution in [2.45, 2.75) is 11.7 Å². The second kappa shape index (κ2) is 9.18. The van der Waals surface area contributed by atoms with E-state index in [1.54, 1.807) is 12.3 Å². The summed E-state index contributed by atoms with van der Waals surface area (Å²) in [5.41, 5.74) is 2.57. The first-order valence-electron chi connectivity index (χ1n) is 8.74. The van der Waals surface area contributed by atoms with Gasteiger partial charge in [0.15, 0.2) is 11.0 Å². The number of anilines is 2. The van der Waals surface area contributed by atoms with E-state index in [0.29, 0.717) is 17.5 Å². The second-order valence-corrected chi connectivity index (χ2v) is 7.14. The van der Waals surface area contributed by atoms with Crippen LogP contribution >= 0.6 is 11.8 Å². The first-order valence-corrected chi connectivity index (χ1v) is 9.72. The molecule has 144 valence electrons. The molecule has 1 amide bonds. The van der Waals surface area contributed by atoms with E-state index in [4.69, 9.17) is 0 Å². The lowest BCUT2D eigenvalue weighted by Crippen LogP contribution is -2.15. The number of rotatable bonds is 8. The van der Waals surface area contributed by atoms with Gasteiger partial charge < -0.3 is 10.2 Å². The van der Waals surface area contributed by atoms with Crippen molar-refractivity contribution in [2.75, 3.05) is 30.1 Å². The molecule has 3 rings (SSSR count). The Morgan fingerprint density at radius 3 is 2.64 bits per heavy atom. The zero-order valence-corrected chi connectivity index (χ0v) is 16.7. The largest absolute Gasteiger partial charge is 0.378 e. The molecule has 2 aromatic heterocycles. The molecule has 1 N–H and O–H groups in total. The Labute approximate surface area is 168 Å². The molecular weight excluding hydrogens is 372 g/mol. The van der Waals surface area contributed by atoms with Crippen LogP contribution in [0, 0.1) is 0 Å². The van der Waals surface area contributed by atoms with Gasteiger partial charge in [0, 0.05) is 38.2 Å². The molecule has 0 fully saturated rings. The molecule has 0 atom stereocenters. The van der Waals surface area contributed by atoms with Crippen LogP contribution in [0.4, 0.5) is 11.4 Å². The van der Waals surface area contributed by atoms with Gasteiger partial charge in [-0.1, -0.05) is 23.9 Å². The van der Waals surface area contributed by atoms with E-state index in [9.17, 15) is 4.79 Å². The molecule has 0 aliphatic rings. The first-order chi connectivity index (χ1) is 13.6. The highest BCUT2D eigenvalue weighted by atomic mass is 32.2. The quantitative estimate of drug-likeness (QED) is 0.467. The van der Waals surface area contributed by atoms with Gasteiger partial charge in [-0.05, 0) is 36.4 Å². The van der Waals surface area contributed by atoms with E-state index < -0.39 is 0 Å². The average Bonchev–Trinajstić information content (AvgIpc) is 3.10. The number of aromatic nitrogens is 4. The number of nitrogens with one attached hydrogen (secondary N) is 1. The Balaban J connectivity index is 1.66. The zero-order chi connectivity index (χ0) is 19.9. The van der Waals surface area contributed by atoms with Gasteiger partial charge in [-0.15, -0.1) is 16.8 Å². The second-order valence-electron chi connectivity index (χ2n) is 6.20. The third-order valence-electron chi connectivity index (χ3n) is 3.92. The number of thioether (sulfide) groups is 1. The van der Waals surface area contributed by atoms with Gasteiger partial charge in [0.2, 0.25) is 5.91 Å². The van der Waals surface area contributed by atoms with Crippen molar-refractivity contribution in [1.29, 1.82) is 0 Å². The maximum Gasteiger partial charge on any atom is 0.234 e. The average molecular weight is 395 g/mol. The Morgan fingerprint density at radius 2 is 2.00 bits per heavy atom. The normalized spacial score (nSPS) is 10.5. The Kier molecular flexibility index (Phi) is 6.44. The van der Waals surface area contributed by atoms with Crippen LogP contribution < -0.4 is 10.2 Å². The van der Waals surface area contributed by atoms with Crippen molar-refractivity contribution in [2.24, 2.45) is 0 Å². The fourth-order valence-electron chi connectivity index (χ4n) is 2.54. The highest BCUT2D eigenvalue weighted by Gasteiger charge is 2.15. The minimum absolute atomic E-state index is 0.102. The summed E-state index contributed by atoms with van der Waals surface area (Å²) < 4.78 is 1.90. The van der Waals surface area contributed by atoms with Gasteiger partial charge in [0.1, 0.15) is 5.69 Å². The van der Waals surface area contributed by atoms with Crippen molar-refractivity contribution in [1.82, 2.24) is 19.7 Å². The van der Waals surface area contributed by atoms with Crippen LogP contribution in [0.1, 0.15) is 0 Å². The molecule has 0 saturated carbocycles. The summed E-state index contributed by atoms with van der Waals surface area (Å²) in [5, 5.41) is 12.0. The fraction of sp³-hybridized carbons (Fsp3) is 0.200. The maximum absolute atomic E-state index is 12.3. The number of nitrogens with zero attached hydrogens (tertiary/aromatic N) is 5. The fourth-order valence-corrected chi connectivity index (χ4v) is 3.29. The minimum atomic E-state index is -0.102. The number of benzene rings is 1. The molecule has 7 nitrogen and oxygen atoms in total. The Bertz CT molecular complexity index is 937. The molecule has 0 aliphatic carbocycles. The lowest BCUT2D eigenvalue weighted by molar-refractivity contribution is -0.113. The maximum atomic E-state index is 12.3. The standard InChI is InChI=1S/C20H22N6OS/c1-4-13-26-19(17-7-5-6-12-21-17)23-24-20(26)28-14-18(27)22-15-8-10-16(11-9-15)25(2)3/h4-12H,1,13-14H2,2-3H3,(H,22,27). The summed E-state index contributed by atoms with van der Waals surface area (Å²) in [6.45, 7) is 4.33. The summed E-state index contributed by atoms with van der Waals surface area (Å²) in [4.78, 5) is 18.7. The number of pyridine rings is 1. The van der Waals surface area contributed by atoms with E-state index in [0.717, 1.165) is 17.1 Å². The Morgan fingerprint density at radius 1 is 1.21 bits per heavy atom. The summed E-state index contributed by atoms with van der Waals surface area (Å²) >= 11 is 1.33. The van der Waals surface area contributed by atoms with Crippen LogP contribution in [-0.2, 0) is 11.3 Å². The number of allylic oxidation sites excluding steroid dienone is 1. The van der Waals surface area contributed by atoms with E-state index in [1.165, 1.54) is 11.8 Å². The molecule has 0 saturated heterocycles. The minimum Gasteiger partial charge on any atom is -0.378 e. The van der Waals surface area contributed by atoms with Crippen LogP contribution in [0.5, 0.6) is 0 Å². The van der Waals surface area contributed by atoms with Crippen LogP contribution in [0.2, 0.25) is 0 Å². The van der Waals surface area contributed by atoms with Gasteiger partial charge in [0.05, 0.1) is 5.75 Å². The molecule has 0 spiro atoms. The molecule has 0 radical (unpaired) electrons. The number of amides is 1. The molecule has 8 heteroatoms. The summed E-state index contributed by atoms with van der Waals surface area (Å²) in [7, 11) is 3.95. The molecule has 2 heterocycles. The predicted molar refractivity (Wildman–Crippen MR) is 114 cm³/mol. The SMILES string of the molecule is C=CCn1c(SCC(=O)Nc2ccc(N(C)C)cc2)nnc1-c1ccccn1. The summed E-state index contributed by atoms with van der Waals surface area (Å²) in [6, 6.07) is 13.3. The van der Waals surface area contributed by atoms with Gasteiger partial charge in [-0.2, -0.15) is 0 Å². The van der Waals surface area contributed by atoms with Gasteiger partial charge in [0.25, 0.3) is 0 Å². The lowest BCUT2D eigenvalue weighted by atomic mass is 10.2. The molecule has 0 aliphatic heterocycles. The molecule has 28 heavy (non-hydrogen) atoms. The van der Waals surface area contributed by atoms with Crippen molar-refractivity contribution >= 4 is 29.0 Å². The summed E-state index contributed by atoms with van der Waals surface area (Å²) in [6.07, 6.45) is 3.48. The monoisotopic (exact) mass is 394 g/mol. The van der Waals surface area contributed by atoms with E-state index in [1.807, 2.05) is 66.0 Å². The smallest absolute Gasteiger partial charge is 0.234 e. The molecule has 1 aromatic carbocycles. The summed E-state index contributed by atoms with van der Waals surface area (Å²) in [5.74, 6) is 0.783. The van der Waals surface area contributed by atoms with Crippen LogP contribution in [0.25, 0.3) is 11.5 Å². The van der Waals surface area contributed by atoms with E-state index in [-0.39, 0.29) is 11.7 Å². The highest BCUT2D eigenvalue weighted by Crippen LogP contribution is 2.23. The van der Waals surface area contributed by atoms with Gasteiger partial charge >= 0.3 is 0 Å². The Hall–Kier alpha value is -3.13. The third-order valence-corrected chi connectivity index (χ3v) is 4.89. The topological polar surface area (TPSA) is 75.9 Å². The van der Waals surface area contributed by atoms with E-state index >= 15 is 0 Å². The highest BCUT2D eigenvalue weighted by molar-refractivity contribution is 7.99. The predicted octanol–water partition coefficient (Wildman–Crippen LogP) is 3.32. The first kappa shape index (κ1) is 19.6. The molecule has 0 bridgehead atoms. The van der Waals surface area contributed by atoms with Crippen molar-refractivity contribution < 1.29 is 4.79 Å². The van der Waals surface area contributed by atoms with Crippen molar-refractivity contribution in [3.63, 3.8) is 0 Å². The van der Waals surface area contributed by atoms with E-state index in [2.05, 4.69) is 27.1 Å². The molecule has 0 unspecified atom stereocenters. The van der Waals surface area contributed by atoms with Crippen molar-refractivity contribution in [3.8, 4) is 11.5 Å². The number of carbonyl (C=O) groups is 1. The zero-order valence-electron chi connectivity index (χ0n) is 15.9. The van der Waals surface area contributed by atoms with Gasteiger partial charge in [-0.25, -0.2) is 0 Å². The van der Waals surface area contributed by atoms with Crippen LogP contribution in [0.15, 0.2) is 66.5 Å². The molecule has 3 aromatic rings. The number of hydrogen-bond donors (Lipinski definition) is 1. The van der Waals surface area contributed by atoms with Gasteiger partial charge in [-0.3, -0.25) is 14.3 Å². The third kappa shape index (κ3) is 4.77.